The molecular weight excluding hydrogens is 415 g/mol. The number of rotatable bonds is 9. The molecule has 0 unspecified atom stereocenters. The minimum absolute atomic E-state index is 0.0132. The highest BCUT2D eigenvalue weighted by atomic mass is 19.1. The molecule has 4 rings (SSSR count). The Kier molecular flexibility index (Phi) is 6.31. The highest BCUT2D eigenvalue weighted by Gasteiger charge is 2.13. The average Bonchev–Trinajstić information content (AvgIpc) is 3.44. The second-order valence-corrected chi connectivity index (χ2v) is 7.44. The van der Waals surface area contributed by atoms with Crippen LogP contribution in [0.5, 0.6) is 0 Å². The third-order valence-electron chi connectivity index (χ3n) is 4.97. The van der Waals surface area contributed by atoms with E-state index in [4.69, 9.17) is 4.52 Å². The molecule has 0 aliphatic carbocycles. The van der Waals surface area contributed by atoms with Gasteiger partial charge in [-0.05, 0) is 68.9 Å². The van der Waals surface area contributed by atoms with Crippen LogP contribution in [0, 0.1) is 15.9 Å². The summed E-state index contributed by atoms with van der Waals surface area (Å²) in [5, 5.41) is 22.0. The summed E-state index contributed by atoms with van der Waals surface area (Å²) in [6, 6.07) is 14.2. The zero-order valence-electron chi connectivity index (χ0n) is 17.4. The lowest BCUT2D eigenvalue weighted by Crippen LogP contribution is -2.19. The van der Waals surface area contributed by atoms with Crippen LogP contribution in [-0.4, -0.2) is 43.8 Å². The number of benzene rings is 2. The Morgan fingerprint density at radius 1 is 1.12 bits per heavy atom. The molecular formula is C22H21FN6O3. The van der Waals surface area contributed by atoms with Gasteiger partial charge in [0, 0.05) is 29.0 Å². The van der Waals surface area contributed by atoms with Crippen LogP contribution in [0.1, 0.15) is 18.0 Å². The number of aromatic nitrogens is 4. The third-order valence-corrected chi connectivity index (χ3v) is 4.97. The number of hydrogen-bond acceptors (Lipinski definition) is 7. The van der Waals surface area contributed by atoms with Gasteiger partial charge in [0.25, 0.3) is 5.69 Å². The maximum absolute atomic E-state index is 13.1. The molecule has 2 aromatic carbocycles. The fourth-order valence-electron chi connectivity index (χ4n) is 3.28. The molecule has 0 bridgehead atoms. The minimum atomic E-state index is -0.451. The second kappa shape index (κ2) is 9.48. The van der Waals surface area contributed by atoms with Crippen LogP contribution in [-0.2, 0) is 13.0 Å². The van der Waals surface area contributed by atoms with Gasteiger partial charge in [0.1, 0.15) is 5.82 Å². The summed E-state index contributed by atoms with van der Waals surface area (Å²) in [5.74, 6) is 0.601. The van der Waals surface area contributed by atoms with Crippen LogP contribution in [0.15, 0.2) is 59.1 Å². The predicted molar refractivity (Wildman–Crippen MR) is 115 cm³/mol. The number of nitrogens with zero attached hydrogens (tertiary/aromatic N) is 5. The van der Waals surface area contributed by atoms with E-state index in [0.29, 0.717) is 23.8 Å². The molecule has 0 aliphatic rings. The van der Waals surface area contributed by atoms with E-state index in [1.165, 1.54) is 24.3 Å². The Labute approximate surface area is 183 Å². The first-order valence-electron chi connectivity index (χ1n) is 10.0. The summed E-state index contributed by atoms with van der Waals surface area (Å²) >= 11 is 0. The Morgan fingerprint density at radius 2 is 1.84 bits per heavy atom. The molecule has 32 heavy (non-hydrogen) atoms. The fraction of sp³-hybridized carbons (Fsp3) is 0.227. The molecule has 0 amide bonds. The first-order chi connectivity index (χ1) is 15.5. The maximum Gasteiger partial charge on any atom is 0.269 e. The zero-order valence-corrected chi connectivity index (χ0v) is 17.4. The highest BCUT2D eigenvalue weighted by molar-refractivity contribution is 5.59. The van der Waals surface area contributed by atoms with Crippen LogP contribution >= 0.6 is 0 Å². The van der Waals surface area contributed by atoms with Gasteiger partial charge in [-0.15, -0.1) is 0 Å². The molecule has 0 atom stereocenters. The van der Waals surface area contributed by atoms with Crippen molar-refractivity contribution in [1.82, 2.24) is 25.2 Å². The van der Waals surface area contributed by atoms with Gasteiger partial charge in [-0.25, -0.2) is 4.39 Å². The fourth-order valence-corrected chi connectivity index (χ4v) is 3.28. The number of nitro groups is 1. The maximum atomic E-state index is 13.1. The standard InChI is InChI=1S/C22H21FN6O3/c1-28(12-2-3-18-13-20(26-25-18)15-4-8-17(23)9-5-15)14-21-24-22(27-32-21)16-6-10-19(11-7-16)29(30)31/h4-11,13H,2-3,12,14H2,1H3,(H,25,26). The van der Waals surface area contributed by atoms with Gasteiger partial charge >= 0.3 is 0 Å². The van der Waals surface area contributed by atoms with Crippen LogP contribution in [0.2, 0.25) is 0 Å². The van der Waals surface area contributed by atoms with E-state index in [0.717, 1.165) is 36.3 Å². The van der Waals surface area contributed by atoms with Gasteiger partial charge in [-0.2, -0.15) is 10.1 Å². The summed E-state index contributed by atoms with van der Waals surface area (Å²) in [4.78, 5) is 16.8. The smallest absolute Gasteiger partial charge is 0.269 e. The Morgan fingerprint density at radius 3 is 2.56 bits per heavy atom. The van der Waals surface area contributed by atoms with Gasteiger partial charge in [0.2, 0.25) is 11.7 Å². The Balaban J connectivity index is 1.26. The quantitative estimate of drug-likeness (QED) is 0.308. The molecule has 0 aliphatic heterocycles. The van der Waals surface area contributed by atoms with Gasteiger partial charge in [0.05, 0.1) is 17.2 Å². The largest absolute Gasteiger partial charge is 0.338 e. The van der Waals surface area contributed by atoms with E-state index in [2.05, 4.69) is 25.2 Å². The Hall–Kier alpha value is -3.92. The molecule has 1 N–H and O–H groups in total. The summed E-state index contributed by atoms with van der Waals surface area (Å²) in [6.45, 7) is 1.30. The number of H-pyrrole nitrogens is 1. The molecule has 0 saturated carbocycles. The summed E-state index contributed by atoms with van der Waals surface area (Å²) in [7, 11) is 1.96. The number of nitrogens with one attached hydrogen (secondary N) is 1. The molecule has 10 heteroatoms. The van der Waals surface area contributed by atoms with Gasteiger partial charge < -0.3 is 4.52 Å². The van der Waals surface area contributed by atoms with E-state index in [-0.39, 0.29) is 11.5 Å². The van der Waals surface area contributed by atoms with Gasteiger partial charge in [-0.1, -0.05) is 5.16 Å². The van der Waals surface area contributed by atoms with E-state index < -0.39 is 4.92 Å². The van der Waals surface area contributed by atoms with Crippen molar-refractivity contribution < 1.29 is 13.8 Å². The molecule has 0 saturated heterocycles. The lowest BCUT2D eigenvalue weighted by molar-refractivity contribution is -0.384. The van der Waals surface area contributed by atoms with Crippen molar-refractivity contribution in [2.75, 3.05) is 13.6 Å². The average molecular weight is 436 g/mol. The van der Waals surface area contributed by atoms with Crippen LogP contribution in [0.25, 0.3) is 22.6 Å². The molecule has 9 nitrogen and oxygen atoms in total. The van der Waals surface area contributed by atoms with Gasteiger partial charge in [0.15, 0.2) is 0 Å². The van der Waals surface area contributed by atoms with Crippen molar-refractivity contribution in [3.63, 3.8) is 0 Å². The SMILES string of the molecule is CN(CCCc1cc(-c2ccc(F)cc2)n[nH]1)Cc1nc(-c2ccc([N+](=O)[O-])cc2)no1. The Bertz CT molecular complexity index is 1190. The lowest BCUT2D eigenvalue weighted by Gasteiger charge is -2.13. The molecule has 0 fully saturated rings. The number of halogens is 1. The number of hydrogen-bond donors (Lipinski definition) is 1. The number of aryl methyl sites for hydroxylation is 1. The molecule has 2 aromatic heterocycles. The first-order valence-corrected chi connectivity index (χ1v) is 10.0. The van der Waals surface area contributed by atoms with Crippen molar-refractivity contribution in [2.45, 2.75) is 19.4 Å². The van der Waals surface area contributed by atoms with E-state index in [1.54, 1.807) is 24.3 Å². The number of aromatic amines is 1. The lowest BCUT2D eigenvalue weighted by atomic mass is 10.1. The van der Waals surface area contributed by atoms with Crippen LogP contribution in [0.3, 0.4) is 0 Å². The molecule has 2 heterocycles. The van der Waals surface area contributed by atoms with Crippen LogP contribution < -0.4 is 0 Å². The normalized spacial score (nSPS) is 11.2. The molecule has 4 aromatic rings. The summed E-state index contributed by atoms with van der Waals surface area (Å²) < 4.78 is 18.4. The van der Waals surface area contributed by atoms with E-state index >= 15 is 0 Å². The molecule has 164 valence electrons. The zero-order chi connectivity index (χ0) is 22.5. The highest BCUT2D eigenvalue weighted by Crippen LogP contribution is 2.21. The summed E-state index contributed by atoms with van der Waals surface area (Å²) in [6.07, 6.45) is 1.71. The topological polar surface area (TPSA) is 114 Å². The van der Waals surface area contributed by atoms with Crippen LogP contribution in [0.4, 0.5) is 10.1 Å². The van der Waals surface area contributed by atoms with E-state index in [9.17, 15) is 14.5 Å². The van der Waals surface area contributed by atoms with Crippen molar-refractivity contribution >= 4 is 5.69 Å². The molecule has 0 radical (unpaired) electrons. The number of non-ortho nitro benzene ring substituents is 1. The van der Waals surface area contributed by atoms with E-state index in [1.807, 2.05) is 13.1 Å². The third kappa shape index (κ3) is 5.22. The van der Waals surface area contributed by atoms with Crippen molar-refractivity contribution in [2.24, 2.45) is 0 Å². The first kappa shape index (κ1) is 21.3. The van der Waals surface area contributed by atoms with Gasteiger partial charge in [-0.3, -0.25) is 20.1 Å². The number of nitro benzene ring substituents is 1. The summed E-state index contributed by atoms with van der Waals surface area (Å²) in [5.41, 5.74) is 3.34. The van der Waals surface area contributed by atoms with Crippen molar-refractivity contribution in [3.05, 3.63) is 82.1 Å². The second-order valence-electron chi connectivity index (χ2n) is 7.44. The van der Waals surface area contributed by atoms with Crippen molar-refractivity contribution in [1.29, 1.82) is 0 Å². The monoisotopic (exact) mass is 436 g/mol. The molecule has 0 spiro atoms. The van der Waals surface area contributed by atoms with Crippen molar-refractivity contribution in [3.8, 4) is 22.6 Å². The minimum Gasteiger partial charge on any atom is -0.338 e. The predicted octanol–water partition coefficient (Wildman–Crippen LogP) is 4.24.